The molecule has 0 saturated heterocycles. The highest BCUT2D eigenvalue weighted by atomic mass is 16.5. The monoisotopic (exact) mass is 246 g/mol. The maximum absolute atomic E-state index is 11.9. The van der Waals surface area contributed by atoms with E-state index in [2.05, 4.69) is 9.88 Å². The number of aromatic nitrogens is 1. The molecule has 1 aromatic carbocycles. The number of nitrogens with one attached hydrogen (secondary N) is 1. The molecule has 2 aromatic rings. The number of carbonyl (C=O) groups is 1. The smallest absolute Gasteiger partial charge is 0.340 e. The van der Waals surface area contributed by atoms with Crippen LogP contribution in [0.15, 0.2) is 24.3 Å². The first-order valence-corrected chi connectivity index (χ1v) is 5.96. The van der Waals surface area contributed by atoms with Crippen LogP contribution in [0, 0.1) is 0 Å². The first kappa shape index (κ1) is 12.6. The zero-order chi connectivity index (χ0) is 13.1. The molecule has 0 aliphatic rings. The molecule has 1 heterocycles. The average Bonchev–Trinajstić information content (AvgIpc) is 2.73. The fourth-order valence-corrected chi connectivity index (χ4v) is 2.06. The molecular weight excluding hydrogens is 228 g/mol. The van der Waals surface area contributed by atoms with Gasteiger partial charge in [-0.05, 0) is 20.2 Å². The quantitative estimate of drug-likeness (QED) is 0.840. The third-order valence-corrected chi connectivity index (χ3v) is 2.98. The number of likely N-dealkylation sites (N-methyl/N-ethyl adjacent to an activating group) is 1. The third-order valence-electron chi connectivity index (χ3n) is 2.98. The van der Waals surface area contributed by atoms with Crippen LogP contribution in [-0.4, -0.2) is 43.6 Å². The summed E-state index contributed by atoms with van der Waals surface area (Å²) >= 11 is 0. The van der Waals surface area contributed by atoms with E-state index in [1.807, 2.05) is 38.4 Å². The van der Waals surface area contributed by atoms with E-state index in [-0.39, 0.29) is 5.97 Å². The Bertz CT molecular complexity index is 558. The molecule has 0 amide bonds. The third kappa shape index (κ3) is 2.38. The van der Waals surface area contributed by atoms with Crippen molar-refractivity contribution in [2.75, 3.05) is 27.7 Å². The number of methoxy groups -OCH3 is 1. The molecule has 1 N–H and O–H groups in total. The van der Waals surface area contributed by atoms with Gasteiger partial charge in [-0.2, -0.15) is 0 Å². The zero-order valence-electron chi connectivity index (χ0n) is 11.0. The molecule has 0 unspecified atom stereocenters. The van der Waals surface area contributed by atoms with Gasteiger partial charge in [0.25, 0.3) is 0 Å². The summed E-state index contributed by atoms with van der Waals surface area (Å²) in [5.74, 6) is -0.277. The van der Waals surface area contributed by atoms with Crippen LogP contribution >= 0.6 is 0 Å². The molecule has 18 heavy (non-hydrogen) atoms. The highest BCUT2D eigenvalue weighted by Gasteiger charge is 2.18. The van der Waals surface area contributed by atoms with Crippen LogP contribution in [0.25, 0.3) is 10.9 Å². The van der Waals surface area contributed by atoms with E-state index in [1.54, 1.807) is 0 Å². The van der Waals surface area contributed by atoms with Crippen molar-refractivity contribution in [3.8, 4) is 0 Å². The summed E-state index contributed by atoms with van der Waals surface area (Å²) in [7, 11) is 5.45. The van der Waals surface area contributed by atoms with E-state index >= 15 is 0 Å². The Labute approximate surface area is 107 Å². The summed E-state index contributed by atoms with van der Waals surface area (Å²) in [5, 5.41) is 0.929. The minimum Gasteiger partial charge on any atom is -0.465 e. The van der Waals surface area contributed by atoms with Gasteiger partial charge in [-0.1, -0.05) is 18.2 Å². The van der Waals surface area contributed by atoms with Crippen LogP contribution in [0.2, 0.25) is 0 Å². The van der Waals surface area contributed by atoms with Gasteiger partial charge < -0.3 is 14.6 Å². The van der Waals surface area contributed by atoms with Gasteiger partial charge in [-0.3, -0.25) is 0 Å². The van der Waals surface area contributed by atoms with Gasteiger partial charge >= 0.3 is 5.97 Å². The van der Waals surface area contributed by atoms with Crippen molar-refractivity contribution in [2.24, 2.45) is 0 Å². The van der Waals surface area contributed by atoms with Crippen molar-refractivity contribution in [2.45, 2.75) is 6.42 Å². The highest BCUT2D eigenvalue weighted by Crippen LogP contribution is 2.23. The van der Waals surface area contributed by atoms with Crippen LogP contribution in [0.3, 0.4) is 0 Å². The second kappa shape index (κ2) is 5.23. The number of hydrogen-bond donors (Lipinski definition) is 1. The summed E-state index contributed by atoms with van der Waals surface area (Å²) in [6.45, 7) is 0.886. The number of aromatic amines is 1. The van der Waals surface area contributed by atoms with Gasteiger partial charge in [0.15, 0.2) is 0 Å². The van der Waals surface area contributed by atoms with Gasteiger partial charge in [-0.25, -0.2) is 4.79 Å². The zero-order valence-corrected chi connectivity index (χ0v) is 11.0. The number of benzene rings is 1. The standard InChI is InChI=1S/C14H18N2O2/c1-16(2)9-8-12-13(14(17)18-3)10-6-4-5-7-11(10)15-12/h4-7,15H,8-9H2,1-3H3. The van der Waals surface area contributed by atoms with E-state index < -0.39 is 0 Å². The number of esters is 1. The Kier molecular flexibility index (Phi) is 3.67. The maximum Gasteiger partial charge on any atom is 0.340 e. The largest absolute Gasteiger partial charge is 0.465 e. The lowest BCUT2D eigenvalue weighted by Crippen LogP contribution is -2.16. The number of para-hydroxylation sites is 1. The first-order valence-electron chi connectivity index (χ1n) is 5.96. The molecule has 0 fully saturated rings. The van der Waals surface area contributed by atoms with Crippen LogP contribution in [0.1, 0.15) is 16.1 Å². The molecule has 0 saturated carbocycles. The molecule has 2 rings (SSSR count). The second-order valence-electron chi connectivity index (χ2n) is 4.57. The summed E-state index contributed by atoms with van der Waals surface area (Å²) in [6.07, 6.45) is 0.798. The number of fused-ring (bicyclic) bond motifs is 1. The summed E-state index contributed by atoms with van der Waals surface area (Å²) in [5.41, 5.74) is 2.58. The maximum atomic E-state index is 11.9. The second-order valence-corrected chi connectivity index (χ2v) is 4.57. The van der Waals surface area contributed by atoms with E-state index in [0.717, 1.165) is 29.6 Å². The minimum atomic E-state index is -0.277. The number of nitrogens with zero attached hydrogens (tertiary/aromatic N) is 1. The van der Waals surface area contributed by atoms with E-state index in [0.29, 0.717) is 5.56 Å². The highest BCUT2D eigenvalue weighted by molar-refractivity contribution is 6.05. The number of hydrogen-bond acceptors (Lipinski definition) is 3. The van der Waals surface area contributed by atoms with Crippen LogP contribution in [0.5, 0.6) is 0 Å². The average molecular weight is 246 g/mol. The van der Waals surface area contributed by atoms with E-state index in [9.17, 15) is 4.79 Å². The van der Waals surface area contributed by atoms with Gasteiger partial charge in [0.2, 0.25) is 0 Å². The molecule has 1 aromatic heterocycles. The van der Waals surface area contributed by atoms with E-state index in [1.165, 1.54) is 7.11 Å². The topological polar surface area (TPSA) is 45.3 Å². The number of rotatable bonds is 4. The van der Waals surface area contributed by atoms with Gasteiger partial charge in [-0.15, -0.1) is 0 Å². The summed E-state index contributed by atoms with van der Waals surface area (Å²) in [4.78, 5) is 17.3. The predicted molar refractivity (Wildman–Crippen MR) is 71.9 cm³/mol. The minimum absolute atomic E-state index is 0.277. The Hall–Kier alpha value is -1.81. The normalized spacial score (nSPS) is 11.1. The lowest BCUT2D eigenvalue weighted by Gasteiger charge is -2.09. The van der Waals surface area contributed by atoms with Gasteiger partial charge in [0.05, 0.1) is 12.7 Å². The van der Waals surface area contributed by atoms with Gasteiger partial charge in [0, 0.05) is 29.6 Å². The number of H-pyrrole nitrogens is 1. The Balaban J connectivity index is 2.46. The Morgan fingerprint density at radius 1 is 1.33 bits per heavy atom. The molecule has 0 aliphatic carbocycles. The van der Waals surface area contributed by atoms with Crippen molar-refractivity contribution in [1.29, 1.82) is 0 Å². The molecular formula is C14H18N2O2. The number of carbonyl (C=O) groups excluding carboxylic acids is 1. The number of ether oxygens (including phenoxy) is 1. The molecule has 0 spiro atoms. The first-order chi connectivity index (χ1) is 8.63. The molecule has 96 valence electrons. The molecule has 0 bridgehead atoms. The molecule has 0 radical (unpaired) electrons. The molecule has 4 nitrogen and oxygen atoms in total. The summed E-state index contributed by atoms with van der Waals surface area (Å²) in [6, 6.07) is 7.80. The SMILES string of the molecule is COC(=O)c1c(CCN(C)C)[nH]c2ccccc12. The molecule has 0 atom stereocenters. The summed E-state index contributed by atoms with van der Waals surface area (Å²) < 4.78 is 4.88. The van der Waals surface area contributed by atoms with Crippen molar-refractivity contribution in [1.82, 2.24) is 9.88 Å². The Morgan fingerprint density at radius 2 is 2.06 bits per heavy atom. The van der Waals surface area contributed by atoms with E-state index in [4.69, 9.17) is 4.74 Å². The molecule has 4 heteroatoms. The van der Waals surface area contributed by atoms with Crippen molar-refractivity contribution >= 4 is 16.9 Å². The predicted octanol–water partition coefficient (Wildman–Crippen LogP) is 2.06. The Morgan fingerprint density at radius 3 is 2.72 bits per heavy atom. The lowest BCUT2D eigenvalue weighted by atomic mass is 10.1. The van der Waals surface area contributed by atoms with Crippen molar-refractivity contribution in [3.05, 3.63) is 35.5 Å². The molecule has 0 aliphatic heterocycles. The lowest BCUT2D eigenvalue weighted by molar-refractivity contribution is 0.0601. The van der Waals surface area contributed by atoms with Crippen molar-refractivity contribution < 1.29 is 9.53 Å². The van der Waals surface area contributed by atoms with Crippen LogP contribution in [-0.2, 0) is 11.2 Å². The van der Waals surface area contributed by atoms with Crippen molar-refractivity contribution in [3.63, 3.8) is 0 Å². The van der Waals surface area contributed by atoms with Crippen LogP contribution < -0.4 is 0 Å². The van der Waals surface area contributed by atoms with Crippen LogP contribution in [0.4, 0.5) is 0 Å². The van der Waals surface area contributed by atoms with Gasteiger partial charge in [0.1, 0.15) is 0 Å². The fourth-order valence-electron chi connectivity index (χ4n) is 2.06. The fraction of sp³-hybridized carbons (Fsp3) is 0.357.